The maximum atomic E-state index is 12.3. The van der Waals surface area contributed by atoms with E-state index >= 15 is 0 Å². The van der Waals surface area contributed by atoms with Crippen LogP contribution in [0.4, 0.5) is 0 Å². The van der Waals surface area contributed by atoms with Gasteiger partial charge in [-0.2, -0.15) is 0 Å². The molecule has 2 rings (SSSR count). The van der Waals surface area contributed by atoms with Gasteiger partial charge >= 0.3 is 0 Å². The first-order valence-electron chi connectivity index (χ1n) is 5.25. The van der Waals surface area contributed by atoms with Crippen LogP contribution < -0.4 is 0 Å². The summed E-state index contributed by atoms with van der Waals surface area (Å²) in [6.07, 6.45) is 0. The lowest BCUT2D eigenvalue weighted by Gasteiger charge is -2.06. The zero-order valence-corrected chi connectivity index (χ0v) is 12.6. The lowest BCUT2D eigenvalue weighted by Crippen LogP contribution is -2.02. The van der Waals surface area contributed by atoms with E-state index in [0.29, 0.717) is 21.2 Å². The first kappa shape index (κ1) is 13.6. The van der Waals surface area contributed by atoms with Crippen molar-refractivity contribution in [2.45, 2.75) is 6.92 Å². The molecule has 1 nitrogen and oxygen atoms in total. The van der Waals surface area contributed by atoms with Gasteiger partial charge in [0, 0.05) is 15.6 Å². The maximum Gasteiger partial charge on any atom is 0.194 e. The zero-order chi connectivity index (χ0) is 13.3. The van der Waals surface area contributed by atoms with Crippen LogP contribution in [0.3, 0.4) is 0 Å². The van der Waals surface area contributed by atoms with Gasteiger partial charge < -0.3 is 0 Å². The first-order chi connectivity index (χ1) is 8.50. The summed E-state index contributed by atoms with van der Waals surface area (Å²) < 4.78 is 0.969. The smallest absolute Gasteiger partial charge is 0.194 e. The summed E-state index contributed by atoms with van der Waals surface area (Å²) in [7, 11) is 0. The molecule has 0 amide bonds. The van der Waals surface area contributed by atoms with Crippen LogP contribution >= 0.6 is 39.1 Å². The third-order valence-electron chi connectivity index (χ3n) is 2.62. The highest BCUT2D eigenvalue weighted by Gasteiger charge is 2.15. The highest BCUT2D eigenvalue weighted by Crippen LogP contribution is 2.28. The van der Waals surface area contributed by atoms with E-state index in [2.05, 4.69) is 15.9 Å². The van der Waals surface area contributed by atoms with Crippen LogP contribution in [0.1, 0.15) is 21.5 Å². The quantitative estimate of drug-likeness (QED) is 0.676. The number of carbonyl (C=O) groups is 1. The topological polar surface area (TPSA) is 17.1 Å². The highest BCUT2D eigenvalue weighted by atomic mass is 79.9. The lowest BCUT2D eigenvalue weighted by atomic mass is 10.0. The minimum Gasteiger partial charge on any atom is -0.289 e. The Morgan fingerprint density at radius 1 is 1.17 bits per heavy atom. The molecule has 0 unspecified atom stereocenters. The van der Waals surface area contributed by atoms with E-state index < -0.39 is 0 Å². The van der Waals surface area contributed by atoms with E-state index in [0.717, 1.165) is 10.0 Å². The molecule has 0 aliphatic rings. The monoisotopic (exact) mass is 342 g/mol. The molecule has 0 N–H and O–H groups in total. The normalized spacial score (nSPS) is 10.4. The molecule has 0 spiro atoms. The summed E-state index contributed by atoms with van der Waals surface area (Å²) >= 11 is 15.4. The molecule has 0 radical (unpaired) electrons. The molecular weight excluding hydrogens is 335 g/mol. The minimum absolute atomic E-state index is 0.127. The number of hydrogen-bond acceptors (Lipinski definition) is 1. The molecule has 0 saturated heterocycles. The SMILES string of the molecule is Cc1cc(C(=O)c2cccc(Cl)c2Cl)ccc1Br. The summed E-state index contributed by atoms with van der Waals surface area (Å²) in [5.74, 6) is -0.127. The molecule has 2 aromatic carbocycles. The van der Waals surface area contributed by atoms with Gasteiger partial charge in [0.1, 0.15) is 0 Å². The Labute approximate surface area is 124 Å². The van der Waals surface area contributed by atoms with E-state index in [1.807, 2.05) is 19.1 Å². The van der Waals surface area contributed by atoms with E-state index in [1.54, 1.807) is 24.3 Å². The molecule has 0 saturated carbocycles. The van der Waals surface area contributed by atoms with Crippen molar-refractivity contribution in [3.63, 3.8) is 0 Å². The third-order valence-corrected chi connectivity index (χ3v) is 4.33. The van der Waals surface area contributed by atoms with Crippen LogP contribution in [0, 0.1) is 6.92 Å². The Hall–Kier alpha value is -0.830. The van der Waals surface area contributed by atoms with E-state index in [-0.39, 0.29) is 5.78 Å². The van der Waals surface area contributed by atoms with Gasteiger partial charge in [-0.05, 0) is 42.8 Å². The van der Waals surface area contributed by atoms with Crippen molar-refractivity contribution in [2.75, 3.05) is 0 Å². The van der Waals surface area contributed by atoms with Crippen LogP contribution in [0.5, 0.6) is 0 Å². The Balaban J connectivity index is 2.48. The molecule has 0 aliphatic heterocycles. The molecule has 2 aromatic rings. The number of halogens is 3. The van der Waals surface area contributed by atoms with Crippen LogP contribution in [-0.2, 0) is 0 Å². The largest absolute Gasteiger partial charge is 0.289 e. The van der Waals surface area contributed by atoms with Gasteiger partial charge in [-0.1, -0.05) is 45.2 Å². The van der Waals surface area contributed by atoms with Gasteiger partial charge in [-0.25, -0.2) is 0 Å². The van der Waals surface area contributed by atoms with Crippen molar-refractivity contribution in [3.8, 4) is 0 Å². The van der Waals surface area contributed by atoms with Crippen LogP contribution in [0.2, 0.25) is 10.0 Å². The van der Waals surface area contributed by atoms with Crippen LogP contribution in [0.15, 0.2) is 40.9 Å². The highest BCUT2D eigenvalue weighted by molar-refractivity contribution is 9.10. The Bertz CT molecular complexity index is 623. The molecular formula is C14H9BrCl2O. The molecule has 0 bridgehead atoms. The maximum absolute atomic E-state index is 12.3. The van der Waals surface area contributed by atoms with Crippen molar-refractivity contribution < 1.29 is 4.79 Å². The lowest BCUT2D eigenvalue weighted by molar-refractivity contribution is 0.103. The second-order valence-corrected chi connectivity index (χ2v) is 5.53. The number of hydrogen-bond donors (Lipinski definition) is 0. The second-order valence-electron chi connectivity index (χ2n) is 3.89. The van der Waals surface area contributed by atoms with Gasteiger partial charge in [0.05, 0.1) is 10.0 Å². The molecule has 18 heavy (non-hydrogen) atoms. The Morgan fingerprint density at radius 3 is 2.56 bits per heavy atom. The van der Waals surface area contributed by atoms with E-state index in [4.69, 9.17) is 23.2 Å². The summed E-state index contributed by atoms with van der Waals surface area (Å²) in [5.41, 5.74) is 2.02. The van der Waals surface area contributed by atoms with Crippen molar-refractivity contribution >= 4 is 44.9 Å². The van der Waals surface area contributed by atoms with Crippen molar-refractivity contribution in [3.05, 3.63) is 67.6 Å². The zero-order valence-electron chi connectivity index (χ0n) is 9.51. The average molecular weight is 344 g/mol. The van der Waals surface area contributed by atoms with Gasteiger partial charge in [0.15, 0.2) is 5.78 Å². The third kappa shape index (κ3) is 2.61. The molecule has 4 heteroatoms. The number of ketones is 1. The summed E-state index contributed by atoms with van der Waals surface area (Å²) in [4.78, 5) is 12.3. The Morgan fingerprint density at radius 2 is 1.89 bits per heavy atom. The van der Waals surface area contributed by atoms with Gasteiger partial charge in [-0.3, -0.25) is 4.79 Å². The minimum atomic E-state index is -0.127. The summed E-state index contributed by atoms with van der Waals surface area (Å²) in [5, 5.41) is 0.682. The number of rotatable bonds is 2. The Kier molecular flexibility index (Phi) is 4.10. The summed E-state index contributed by atoms with van der Waals surface area (Å²) in [6, 6.07) is 10.5. The average Bonchev–Trinajstić information content (AvgIpc) is 2.35. The molecule has 0 fully saturated rings. The van der Waals surface area contributed by atoms with E-state index in [1.165, 1.54) is 0 Å². The van der Waals surface area contributed by atoms with Gasteiger partial charge in [-0.15, -0.1) is 0 Å². The van der Waals surface area contributed by atoms with Crippen molar-refractivity contribution in [1.82, 2.24) is 0 Å². The van der Waals surface area contributed by atoms with Gasteiger partial charge in [0.2, 0.25) is 0 Å². The molecule has 0 atom stereocenters. The van der Waals surface area contributed by atoms with Crippen LogP contribution in [0.25, 0.3) is 0 Å². The van der Waals surface area contributed by atoms with Crippen molar-refractivity contribution in [1.29, 1.82) is 0 Å². The number of aryl methyl sites for hydroxylation is 1. The standard InChI is InChI=1S/C14H9BrCl2O/c1-8-7-9(5-6-11(8)15)14(18)10-3-2-4-12(16)13(10)17/h2-7H,1H3. The van der Waals surface area contributed by atoms with Gasteiger partial charge in [0.25, 0.3) is 0 Å². The predicted octanol–water partition coefficient (Wildman–Crippen LogP) is 5.30. The van der Waals surface area contributed by atoms with Crippen molar-refractivity contribution in [2.24, 2.45) is 0 Å². The first-order valence-corrected chi connectivity index (χ1v) is 6.80. The molecule has 92 valence electrons. The van der Waals surface area contributed by atoms with E-state index in [9.17, 15) is 4.79 Å². The fourth-order valence-corrected chi connectivity index (χ4v) is 2.25. The summed E-state index contributed by atoms with van der Waals surface area (Å²) in [6.45, 7) is 1.93. The fourth-order valence-electron chi connectivity index (χ4n) is 1.62. The molecule has 0 heterocycles. The molecule has 0 aliphatic carbocycles. The number of benzene rings is 2. The molecule has 0 aromatic heterocycles. The predicted molar refractivity (Wildman–Crippen MR) is 78.8 cm³/mol. The van der Waals surface area contributed by atoms with Crippen LogP contribution in [-0.4, -0.2) is 5.78 Å². The fraction of sp³-hybridized carbons (Fsp3) is 0.0714. The second kappa shape index (κ2) is 5.43. The number of carbonyl (C=O) groups excluding carboxylic acids is 1.